The normalized spacial score (nSPS) is 12.8. The van der Waals surface area contributed by atoms with E-state index >= 15 is 0 Å². The molecule has 1 unspecified atom stereocenters. The molecule has 0 aliphatic carbocycles. The Morgan fingerprint density at radius 2 is 1.21 bits per heavy atom. The second kappa shape index (κ2) is 6.70. The van der Waals surface area contributed by atoms with Crippen molar-refractivity contribution in [1.29, 1.82) is 0 Å². The summed E-state index contributed by atoms with van der Waals surface area (Å²) in [4.78, 5) is 0. The molecule has 0 aromatic heterocycles. The maximum atomic E-state index is 13.2. The minimum Gasteiger partial charge on any atom is -0.169 e. The number of hydrogen-bond donors (Lipinski definition) is 0. The summed E-state index contributed by atoms with van der Waals surface area (Å²) in [6.07, 6.45) is -4.51. The lowest BCUT2D eigenvalue weighted by Crippen LogP contribution is -2.16. The molecule has 3 aromatic rings. The highest BCUT2D eigenvalue weighted by Crippen LogP contribution is 2.45. The molecule has 0 heterocycles. The zero-order valence-corrected chi connectivity index (χ0v) is 13.4. The summed E-state index contributed by atoms with van der Waals surface area (Å²) in [6.45, 7) is 0. The Bertz CT molecular complexity index is 811. The topological polar surface area (TPSA) is 0 Å². The highest BCUT2D eigenvalue weighted by molar-refractivity contribution is 6.22. The van der Waals surface area contributed by atoms with Gasteiger partial charge in [0.2, 0.25) is 0 Å². The van der Waals surface area contributed by atoms with Crippen LogP contribution in [0.25, 0.3) is 22.3 Å². The van der Waals surface area contributed by atoms with Crippen molar-refractivity contribution >= 4 is 11.6 Å². The fourth-order valence-corrected chi connectivity index (χ4v) is 2.92. The van der Waals surface area contributed by atoms with Gasteiger partial charge >= 0.3 is 6.18 Å². The number of hydrogen-bond acceptors (Lipinski definition) is 0. The maximum Gasteiger partial charge on any atom is 0.408 e. The maximum absolute atomic E-state index is 13.2. The van der Waals surface area contributed by atoms with Crippen LogP contribution in [0.2, 0.25) is 0 Å². The summed E-state index contributed by atoms with van der Waals surface area (Å²) >= 11 is 5.77. The first-order chi connectivity index (χ1) is 11.5. The monoisotopic (exact) mass is 346 g/mol. The second-order valence-electron chi connectivity index (χ2n) is 5.41. The minimum atomic E-state index is -4.51. The van der Waals surface area contributed by atoms with Gasteiger partial charge in [0.05, 0.1) is 0 Å². The zero-order valence-electron chi connectivity index (χ0n) is 12.6. The summed E-state index contributed by atoms with van der Waals surface area (Å²) in [7, 11) is 0. The lowest BCUT2D eigenvalue weighted by molar-refractivity contribution is -0.131. The fourth-order valence-electron chi connectivity index (χ4n) is 2.74. The molecule has 1 atom stereocenters. The molecule has 0 aliphatic heterocycles. The van der Waals surface area contributed by atoms with Crippen molar-refractivity contribution in [1.82, 2.24) is 0 Å². The van der Waals surface area contributed by atoms with Crippen LogP contribution in [-0.4, -0.2) is 6.18 Å². The number of halogens is 4. The highest BCUT2D eigenvalue weighted by Gasteiger charge is 2.40. The third-order valence-corrected chi connectivity index (χ3v) is 4.29. The first-order valence-electron chi connectivity index (χ1n) is 7.43. The first-order valence-corrected chi connectivity index (χ1v) is 7.86. The predicted molar refractivity (Wildman–Crippen MR) is 92.0 cm³/mol. The predicted octanol–water partition coefficient (Wildman–Crippen LogP) is 6.86. The van der Waals surface area contributed by atoms with Gasteiger partial charge < -0.3 is 0 Å². The molecule has 0 aliphatic rings. The second-order valence-corrected chi connectivity index (χ2v) is 5.84. The van der Waals surface area contributed by atoms with E-state index in [-0.39, 0.29) is 5.56 Å². The van der Waals surface area contributed by atoms with Crippen molar-refractivity contribution in [2.24, 2.45) is 0 Å². The molecule has 0 saturated heterocycles. The molecule has 0 spiro atoms. The molecule has 0 radical (unpaired) electrons. The van der Waals surface area contributed by atoms with E-state index in [1.165, 1.54) is 6.07 Å². The van der Waals surface area contributed by atoms with Gasteiger partial charge in [-0.2, -0.15) is 13.2 Å². The van der Waals surface area contributed by atoms with Gasteiger partial charge in [-0.05, 0) is 27.8 Å². The third kappa shape index (κ3) is 3.31. The molecule has 0 amide bonds. The molecule has 24 heavy (non-hydrogen) atoms. The summed E-state index contributed by atoms with van der Waals surface area (Å²) in [5.74, 6) is 0. The lowest BCUT2D eigenvalue weighted by atomic mass is 9.89. The molecule has 0 nitrogen and oxygen atoms in total. The average molecular weight is 347 g/mol. The van der Waals surface area contributed by atoms with E-state index in [1.54, 1.807) is 30.3 Å². The average Bonchev–Trinajstić information content (AvgIpc) is 2.61. The Morgan fingerprint density at radius 1 is 0.667 bits per heavy atom. The largest absolute Gasteiger partial charge is 0.408 e. The molecule has 3 aromatic carbocycles. The van der Waals surface area contributed by atoms with E-state index < -0.39 is 11.6 Å². The third-order valence-electron chi connectivity index (χ3n) is 3.80. The number of benzene rings is 3. The van der Waals surface area contributed by atoms with Gasteiger partial charge in [0.1, 0.15) is 0 Å². The van der Waals surface area contributed by atoms with Crippen LogP contribution >= 0.6 is 11.6 Å². The van der Waals surface area contributed by atoms with Gasteiger partial charge in [-0.25, -0.2) is 0 Å². The molecule has 0 fully saturated rings. The Kier molecular flexibility index (Phi) is 4.63. The van der Waals surface area contributed by atoms with Crippen LogP contribution in [0, 0.1) is 0 Å². The Balaban J connectivity index is 2.28. The van der Waals surface area contributed by atoms with Gasteiger partial charge in [0.25, 0.3) is 0 Å². The van der Waals surface area contributed by atoms with Crippen LogP contribution in [0.4, 0.5) is 13.2 Å². The quantitative estimate of drug-likeness (QED) is 0.454. The number of rotatable bonds is 3. The van der Waals surface area contributed by atoms with Gasteiger partial charge in [-0.3, -0.25) is 0 Å². The van der Waals surface area contributed by atoms with Gasteiger partial charge in [0, 0.05) is 0 Å². The van der Waals surface area contributed by atoms with E-state index in [0.29, 0.717) is 11.1 Å². The standard InChI is InChI=1S/C20H14ClF3/c21-19(20(22,23)24)17-13-7-12-16(14-8-3-1-4-9-14)18(17)15-10-5-2-6-11-15/h1-13,19H. The minimum absolute atomic E-state index is 0.0664. The van der Waals surface area contributed by atoms with Crippen LogP contribution in [0.5, 0.6) is 0 Å². The molecule has 4 heteroatoms. The van der Waals surface area contributed by atoms with E-state index in [1.807, 2.05) is 42.5 Å². The van der Waals surface area contributed by atoms with Crippen LogP contribution in [0.1, 0.15) is 10.9 Å². The molecule has 3 rings (SSSR count). The highest BCUT2D eigenvalue weighted by atomic mass is 35.5. The van der Waals surface area contributed by atoms with Crippen molar-refractivity contribution in [3.63, 3.8) is 0 Å². The van der Waals surface area contributed by atoms with Crippen molar-refractivity contribution in [2.75, 3.05) is 0 Å². The van der Waals surface area contributed by atoms with Crippen LogP contribution in [-0.2, 0) is 0 Å². The van der Waals surface area contributed by atoms with Crippen molar-refractivity contribution in [3.8, 4) is 22.3 Å². The summed E-state index contributed by atoms with van der Waals surface area (Å²) < 4.78 is 39.7. The molecular formula is C20H14ClF3. The van der Waals surface area contributed by atoms with Crippen molar-refractivity contribution in [2.45, 2.75) is 11.6 Å². The summed E-state index contributed by atoms with van der Waals surface area (Å²) in [6, 6.07) is 23.3. The van der Waals surface area contributed by atoms with E-state index in [9.17, 15) is 13.2 Å². The molecular weight excluding hydrogens is 333 g/mol. The van der Waals surface area contributed by atoms with Gasteiger partial charge in [-0.1, -0.05) is 78.9 Å². The van der Waals surface area contributed by atoms with E-state index in [4.69, 9.17) is 11.6 Å². The lowest BCUT2D eigenvalue weighted by Gasteiger charge is -2.21. The van der Waals surface area contributed by atoms with Crippen molar-refractivity contribution < 1.29 is 13.2 Å². The molecule has 0 bridgehead atoms. The van der Waals surface area contributed by atoms with Crippen molar-refractivity contribution in [3.05, 3.63) is 84.4 Å². The SMILES string of the molecule is FC(F)(F)C(Cl)c1cccc(-c2ccccc2)c1-c1ccccc1. The Labute approximate surface area is 143 Å². The smallest absolute Gasteiger partial charge is 0.169 e. The van der Waals surface area contributed by atoms with E-state index in [2.05, 4.69) is 0 Å². The van der Waals surface area contributed by atoms with Crippen LogP contribution in [0.3, 0.4) is 0 Å². The molecule has 0 N–H and O–H groups in total. The van der Waals surface area contributed by atoms with Crippen LogP contribution < -0.4 is 0 Å². The number of alkyl halides is 4. The summed E-state index contributed by atoms with van der Waals surface area (Å²) in [5, 5.41) is -2.06. The van der Waals surface area contributed by atoms with Gasteiger partial charge in [0.15, 0.2) is 5.38 Å². The Hall–Kier alpha value is -2.26. The molecule has 122 valence electrons. The first kappa shape index (κ1) is 16.6. The fraction of sp³-hybridized carbons (Fsp3) is 0.100. The summed E-state index contributed by atoms with van der Waals surface area (Å²) in [5.41, 5.74) is 2.87. The van der Waals surface area contributed by atoms with E-state index in [0.717, 1.165) is 11.1 Å². The zero-order chi connectivity index (χ0) is 17.2. The van der Waals surface area contributed by atoms with Crippen LogP contribution in [0.15, 0.2) is 78.9 Å². The Morgan fingerprint density at radius 3 is 1.75 bits per heavy atom. The molecule has 0 saturated carbocycles. The van der Waals surface area contributed by atoms with Gasteiger partial charge in [-0.15, -0.1) is 11.6 Å².